The van der Waals surface area contributed by atoms with Crippen molar-refractivity contribution < 1.29 is 5.11 Å². The molecule has 0 saturated carbocycles. The molecule has 2 aromatic rings. The van der Waals surface area contributed by atoms with Crippen molar-refractivity contribution >= 4 is 23.2 Å². The predicted octanol–water partition coefficient (Wildman–Crippen LogP) is 3.69. The molecular weight excluding hydrogens is 293 g/mol. The van der Waals surface area contributed by atoms with Crippen LogP contribution in [-0.2, 0) is 13.0 Å². The van der Waals surface area contributed by atoms with E-state index in [2.05, 4.69) is 17.4 Å². The van der Waals surface area contributed by atoms with E-state index in [1.165, 1.54) is 5.56 Å². The smallest absolute Gasteiger partial charge is 0.0595 e. The van der Waals surface area contributed by atoms with E-state index in [0.717, 1.165) is 12.0 Å². The molecule has 4 heteroatoms. The van der Waals surface area contributed by atoms with Crippen molar-refractivity contribution in [1.29, 1.82) is 0 Å². The minimum absolute atomic E-state index is 0.0202. The van der Waals surface area contributed by atoms with Gasteiger partial charge in [0.1, 0.15) is 0 Å². The molecule has 0 heterocycles. The molecule has 2 nitrogen and oxygen atoms in total. The fourth-order valence-electron chi connectivity index (χ4n) is 2.01. The Bertz CT molecular complexity index is 545. The zero-order valence-corrected chi connectivity index (χ0v) is 12.5. The van der Waals surface area contributed by atoms with Crippen LogP contribution in [-0.4, -0.2) is 17.8 Å². The van der Waals surface area contributed by atoms with Crippen LogP contribution >= 0.6 is 23.2 Å². The molecule has 2 N–H and O–H groups in total. The Kier molecular flexibility index (Phi) is 5.86. The van der Waals surface area contributed by atoms with Crippen LogP contribution < -0.4 is 5.32 Å². The van der Waals surface area contributed by atoms with Gasteiger partial charge in [0.05, 0.1) is 16.7 Å². The summed E-state index contributed by atoms with van der Waals surface area (Å²) in [7, 11) is 0. The third-order valence-electron chi connectivity index (χ3n) is 3.12. The van der Waals surface area contributed by atoms with Crippen molar-refractivity contribution in [3.63, 3.8) is 0 Å². The van der Waals surface area contributed by atoms with Crippen molar-refractivity contribution in [3.05, 3.63) is 69.7 Å². The normalized spacial score (nSPS) is 12.3. The van der Waals surface area contributed by atoms with Crippen LogP contribution in [0.15, 0.2) is 48.5 Å². The molecule has 0 aliphatic heterocycles. The topological polar surface area (TPSA) is 32.3 Å². The lowest BCUT2D eigenvalue weighted by Crippen LogP contribution is -2.34. The second-order valence-corrected chi connectivity index (χ2v) is 5.51. The summed E-state index contributed by atoms with van der Waals surface area (Å²) < 4.78 is 0. The second kappa shape index (κ2) is 7.65. The van der Waals surface area contributed by atoms with Crippen LogP contribution in [0.2, 0.25) is 10.0 Å². The molecule has 0 fully saturated rings. The molecular formula is C16H17Cl2NO. The van der Waals surface area contributed by atoms with E-state index < -0.39 is 0 Å². The van der Waals surface area contributed by atoms with Gasteiger partial charge in [-0.1, -0.05) is 59.6 Å². The molecule has 0 aliphatic rings. The van der Waals surface area contributed by atoms with E-state index in [1.54, 1.807) is 6.07 Å². The number of hydrogen-bond acceptors (Lipinski definition) is 2. The van der Waals surface area contributed by atoms with E-state index in [9.17, 15) is 5.11 Å². The number of benzene rings is 2. The first kappa shape index (κ1) is 15.3. The Morgan fingerprint density at radius 3 is 2.35 bits per heavy atom. The number of halogens is 2. The largest absolute Gasteiger partial charge is 0.395 e. The van der Waals surface area contributed by atoms with Gasteiger partial charge in [-0.05, 0) is 29.7 Å². The predicted molar refractivity (Wildman–Crippen MR) is 84.3 cm³/mol. The highest BCUT2D eigenvalue weighted by Crippen LogP contribution is 2.22. The van der Waals surface area contributed by atoms with Gasteiger partial charge >= 0.3 is 0 Å². The quantitative estimate of drug-likeness (QED) is 0.853. The Hall–Kier alpha value is -1.06. The summed E-state index contributed by atoms with van der Waals surface area (Å²) in [5.74, 6) is 0. The fraction of sp³-hybridized carbons (Fsp3) is 0.250. The minimum Gasteiger partial charge on any atom is -0.395 e. The summed E-state index contributed by atoms with van der Waals surface area (Å²) >= 11 is 11.9. The van der Waals surface area contributed by atoms with E-state index >= 15 is 0 Å². The fourth-order valence-corrected chi connectivity index (χ4v) is 2.33. The van der Waals surface area contributed by atoms with Gasteiger partial charge in [-0.25, -0.2) is 0 Å². The summed E-state index contributed by atoms with van der Waals surface area (Å²) in [5, 5.41) is 13.9. The van der Waals surface area contributed by atoms with Crippen LogP contribution in [0.3, 0.4) is 0 Å². The molecule has 106 valence electrons. The standard InChI is InChI=1S/C16H17Cl2NO/c17-15-7-6-13(9-16(15)18)10-19-14(11-20)8-12-4-2-1-3-5-12/h1-7,9,14,19-20H,8,10-11H2. The third-order valence-corrected chi connectivity index (χ3v) is 3.86. The summed E-state index contributed by atoms with van der Waals surface area (Å²) in [4.78, 5) is 0. The van der Waals surface area contributed by atoms with Crippen molar-refractivity contribution in [1.82, 2.24) is 5.32 Å². The van der Waals surface area contributed by atoms with Crippen molar-refractivity contribution in [2.75, 3.05) is 6.61 Å². The summed E-state index contributed by atoms with van der Waals surface area (Å²) in [5.41, 5.74) is 2.25. The highest BCUT2D eigenvalue weighted by atomic mass is 35.5. The third kappa shape index (κ3) is 4.50. The van der Waals surface area contributed by atoms with E-state index in [4.69, 9.17) is 23.2 Å². The summed E-state index contributed by atoms with van der Waals surface area (Å²) in [6, 6.07) is 15.7. The van der Waals surface area contributed by atoms with Crippen LogP contribution in [0.1, 0.15) is 11.1 Å². The van der Waals surface area contributed by atoms with Gasteiger partial charge in [-0.2, -0.15) is 0 Å². The maximum Gasteiger partial charge on any atom is 0.0595 e. The first-order valence-corrected chi connectivity index (χ1v) is 7.26. The van der Waals surface area contributed by atoms with Gasteiger partial charge in [0, 0.05) is 12.6 Å². The zero-order chi connectivity index (χ0) is 14.4. The highest BCUT2D eigenvalue weighted by molar-refractivity contribution is 6.42. The van der Waals surface area contributed by atoms with Gasteiger partial charge < -0.3 is 10.4 Å². The maximum atomic E-state index is 9.45. The van der Waals surface area contributed by atoms with Crippen molar-refractivity contribution in [2.24, 2.45) is 0 Å². The average molecular weight is 310 g/mol. The lowest BCUT2D eigenvalue weighted by molar-refractivity contribution is 0.241. The van der Waals surface area contributed by atoms with Crippen LogP contribution in [0.25, 0.3) is 0 Å². The Morgan fingerprint density at radius 2 is 1.70 bits per heavy atom. The monoisotopic (exact) mass is 309 g/mol. The number of hydrogen-bond donors (Lipinski definition) is 2. The Balaban J connectivity index is 1.92. The Labute approximate surface area is 129 Å². The number of nitrogens with one attached hydrogen (secondary N) is 1. The molecule has 0 aromatic heterocycles. The lowest BCUT2D eigenvalue weighted by Gasteiger charge is -2.16. The summed E-state index contributed by atoms with van der Waals surface area (Å²) in [6.07, 6.45) is 0.790. The van der Waals surface area contributed by atoms with E-state index in [-0.39, 0.29) is 12.6 Å². The lowest BCUT2D eigenvalue weighted by atomic mass is 10.1. The van der Waals surface area contributed by atoms with Crippen LogP contribution in [0.4, 0.5) is 0 Å². The van der Waals surface area contributed by atoms with Gasteiger partial charge in [0.2, 0.25) is 0 Å². The molecule has 20 heavy (non-hydrogen) atoms. The van der Waals surface area contributed by atoms with E-state index in [1.807, 2.05) is 30.3 Å². The van der Waals surface area contributed by atoms with Gasteiger partial charge in [-0.15, -0.1) is 0 Å². The molecule has 0 radical (unpaired) electrons. The molecule has 1 atom stereocenters. The molecule has 0 spiro atoms. The van der Waals surface area contributed by atoms with Crippen LogP contribution in [0, 0.1) is 0 Å². The molecule has 2 aromatic carbocycles. The van der Waals surface area contributed by atoms with Gasteiger partial charge in [-0.3, -0.25) is 0 Å². The highest BCUT2D eigenvalue weighted by Gasteiger charge is 2.08. The molecule has 2 rings (SSSR count). The number of aliphatic hydroxyl groups is 1. The van der Waals surface area contributed by atoms with Crippen molar-refractivity contribution in [2.45, 2.75) is 19.0 Å². The number of aliphatic hydroxyl groups excluding tert-OH is 1. The maximum absolute atomic E-state index is 9.45. The zero-order valence-electron chi connectivity index (χ0n) is 11.0. The van der Waals surface area contributed by atoms with Crippen LogP contribution in [0.5, 0.6) is 0 Å². The number of rotatable bonds is 6. The van der Waals surface area contributed by atoms with Gasteiger partial charge in [0.25, 0.3) is 0 Å². The van der Waals surface area contributed by atoms with Crippen molar-refractivity contribution in [3.8, 4) is 0 Å². The summed E-state index contributed by atoms with van der Waals surface area (Å²) in [6.45, 7) is 0.741. The van der Waals surface area contributed by atoms with E-state index in [0.29, 0.717) is 16.6 Å². The SMILES string of the molecule is OCC(Cc1ccccc1)NCc1ccc(Cl)c(Cl)c1. The molecule has 0 amide bonds. The molecule has 0 bridgehead atoms. The average Bonchev–Trinajstić information content (AvgIpc) is 2.48. The van der Waals surface area contributed by atoms with Gasteiger partial charge in [0.15, 0.2) is 0 Å². The first-order valence-electron chi connectivity index (χ1n) is 6.51. The minimum atomic E-state index is 0.0202. The molecule has 1 unspecified atom stereocenters. The first-order chi connectivity index (χ1) is 9.69. The second-order valence-electron chi connectivity index (χ2n) is 4.70. The molecule has 0 saturated heterocycles. The Morgan fingerprint density at radius 1 is 0.950 bits per heavy atom. The molecule has 0 aliphatic carbocycles.